The Balaban J connectivity index is 1.41. The summed E-state index contributed by atoms with van der Waals surface area (Å²) < 4.78 is 0. The van der Waals surface area contributed by atoms with Gasteiger partial charge < -0.3 is 16.0 Å². The maximum absolute atomic E-state index is 12.7. The van der Waals surface area contributed by atoms with Gasteiger partial charge in [-0.15, -0.1) is 0 Å². The van der Waals surface area contributed by atoms with Crippen molar-refractivity contribution in [3.05, 3.63) is 83.2 Å². The van der Waals surface area contributed by atoms with Gasteiger partial charge in [-0.1, -0.05) is 30.3 Å². The van der Waals surface area contributed by atoms with Crippen molar-refractivity contribution >= 4 is 28.7 Å². The number of hydrogen-bond acceptors (Lipinski definition) is 5. The molecule has 33 heavy (non-hydrogen) atoms. The average Bonchev–Trinajstić information content (AvgIpc) is 3.11. The van der Waals surface area contributed by atoms with Crippen LogP contribution in [0.1, 0.15) is 33.6 Å². The van der Waals surface area contributed by atoms with E-state index in [1.165, 1.54) is 5.56 Å². The zero-order valence-corrected chi connectivity index (χ0v) is 18.4. The van der Waals surface area contributed by atoms with Crippen LogP contribution in [-0.2, 0) is 6.42 Å². The zero-order chi connectivity index (χ0) is 22.8. The monoisotopic (exact) mass is 438 g/mol. The fourth-order valence-corrected chi connectivity index (χ4v) is 4.17. The van der Waals surface area contributed by atoms with Crippen molar-refractivity contribution < 1.29 is 4.79 Å². The van der Waals surface area contributed by atoms with Crippen molar-refractivity contribution in [1.29, 1.82) is 0 Å². The molecule has 1 amide bonds. The van der Waals surface area contributed by atoms with Gasteiger partial charge in [-0.05, 0) is 49.6 Å². The van der Waals surface area contributed by atoms with Crippen LogP contribution in [-0.4, -0.2) is 34.7 Å². The van der Waals surface area contributed by atoms with Crippen LogP contribution in [0.3, 0.4) is 0 Å². The first-order valence-corrected chi connectivity index (χ1v) is 11.1. The Morgan fingerprint density at radius 2 is 1.97 bits per heavy atom. The lowest BCUT2D eigenvalue weighted by atomic mass is 10.0. The van der Waals surface area contributed by atoms with Gasteiger partial charge in [0.15, 0.2) is 0 Å². The van der Waals surface area contributed by atoms with E-state index in [-0.39, 0.29) is 11.9 Å². The number of H-pyrrole nitrogens is 1. The molecule has 5 rings (SSSR count). The van der Waals surface area contributed by atoms with Gasteiger partial charge in [0.05, 0.1) is 17.5 Å². The molecule has 1 aliphatic heterocycles. The van der Waals surface area contributed by atoms with Gasteiger partial charge >= 0.3 is 0 Å². The summed E-state index contributed by atoms with van der Waals surface area (Å²) in [5.41, 5.74) is 16.2. The normalized spacial score (nSPS) is 13.6. The van der Waals surface area contributed by atoms with Gasteiger partial charge in [0, 0.05) is 52.2 Å². The quantitative estimate of drug-likeness (QED) is 0.350. The van der Waals surface area contributed by atoms with Gasteiger partial charge in [-0.25, -0.2) is 5.43 Å². The van der Waals surface area contributed by atoms with Crippen molar-refractivity contribution in [2.24, 2.45) is 10.8 Å². The van der Waals surface area contributed by atoms with Crippen LogP contribution >= 0.6 is 0 Å². The molecule has 2 aromatic carbocycles. The van der Waals surface area contributed by atoms with Crippen molar-refractivity contribution in [2.45, 2.75) is 25.8 Å². The van der Waals surface area contributed by atoms with Crippen LogP contribution in [0.4, 0.5) is 5.69 Å². The second-order valence-electron chi connectivity index (χ2n) is 8.41. The third-order valence-corrected chi connectivity index (χ3v) is 5.96. The van der Waals surface area contributed by atoms with E-state index < -0.39 is 0 Å². The lowest BCUT2D eigenvalue weighted by Gasteiger charge is -2.15. The first-order chi connectivity index (χ1) is 16.1. The summed E-state index contributed by atoms with van der Waals surface area (Å²) in [7, 11) is 0. The fourth-order valence-electron chi connectivity index (χ4n) is 4.17. The topological polar surface area (TPSA) is 108 Å². The van der Waals surface area contributed by atoms with Gasteiger partial charge in [-0.3, -0.25) is 9.78 Å². The summed E-state index contributed by atoms with van der Waals surface area (Å²) in [4.78, 5) is 20.6. The summed E-state index contributed by atoms with van der Waals surface area (Å²) in [5.74, 6) is -0.236. The Bertz CT molecular complexity index is 1320. The van der Waals surface area contributed by atoms with E-state index in [9.17, 15) is 4.79 Å². The van der Waals surface area contributed by atoms with Crippen LogP contribution in [0.2, 0.25) is 0 Å². The Morgan fingerprint density at radius 3 is 2.76 bits per heavy atom. The number of aromatic amines is 1. The Kier molecular flexibility index (Phi) is 5.62. The largest absolute Gasteiger partial charge is 0.383 e. The van der Waals surface area contributed by atoms with E-state index in [4.69, 9.17) is 5.73 Å². The molecule has 0 aliphatic carbocycles. The minimum Gasteiger partial charge on any atom is -0.383 e. The number of nitrogens with two attached hydrogens (primary N) is 1. The number of pyridine rings is 1. The van der Waals surface area contributed by atoms with E-state index in [0.29, 0.717) is 12.1 Å². The molecule has 1 atom stereocenters. The number of aryl methyl sites for hydroxylation is 2. The standard InChI is InChI=1S/C26H26N6O/c1-16-7-9-18(13-28-16)25-22-15-30-32-26(33)21-11-20(12-23(31-25)24(21)22)29-14-19(27)10-8-17-5-3-2-4-6-17/h2-7,9,11-13,15,19,29,31H,8,10,14,27H2,1H3,(H,32,33)/t19-/m1/s1. The van der Waals surface area contributed by atoms with Gasteiger partial charge in [0.2, 0.25) is 0 Å². The van der Waals surface area contributed by atoms with Gasteiger partial charge in [0.1, 0.15) is 0 Å². The molecule has 7 heteroatoms. The molecule has 0 fully saturated rings. The van der Waals surface area contributed by atoms with E-state index in [1.54, 1.807) is 6.21 Å². The molecule has 4 aromatic rings. The number of nitrogens with one attached hydrogen (secondary N) is 3. The second-order valence-corrected chi connectivity index (χ2v) is 8.41. The first kappa shape index (κ1) is 20.9. The molecule has 0 bridgehead atoms. The number of carbonyl (C=O) groups excluding carboxylic acids is 1. The van der Waals surface area contributed by atoms with Crippen molar-refractivity contribution in [3.8, 4) is 11.3 Å². The lowest BCUT2D eigenvalue weighted by molar-refractivity contribution is 0.0957. The maximum atomic E-state index is 12.7. The van der Waals surface area contributed by atoms with Crippen molar-refractivity contribution in [2.75, 3.05) is 11.9 Å². The first-order valence-electron chi connectivity index (χ1n) is 11.1. The average molecular weight is 439 g/mol. The number of amides is 1. The fraction of sp³-hybridized carbons (Fsp3) is 0.192. The number of aromatic nitrogens is 2. The Hall–Kier alpha value is -3.97. The molecule has 0 saturated heterocycles. The number of nitrogens with zero attached hydrogens (tertiary/aromatic N) is 2. The molecule has 0 saturated carbocycles. The number of carbonyl (C=O) groups is 1. The third kappa shape index (κ3) is 4.36. The molecular weight excluding hydrogens is 412 g/mol. The molecule has 1 aliphatic rings. The Morgan fingerprint density at radius 1 is 1.12 bits per heavy atom. The highest BCUT2D eigenvalue weighted by atomic mass is 16.2. The number of benzene rings is 2. The predicted molar refractivity (Wildman–Crippen MR) is 133 cm³/mol. The van der Waals surface area contributed by atoms with Gasteiger partial charge in [0.25, 0.3) is 5.91 Å². The number of rotatable bonds is 7. The smallest absolute Gasteiger partial charge is 0.272 e. The third-order valence-electron chi connectivity index (χ3n) is 5.96. The predicted octanol–water partition coefficient (Wildman–Crippen LogP) is 3.99. The van der Waals surface area contributed by atoms with Crippen LogP contribution < -0.4 is 16.5 Å². The molecule has 5 N–H and O–H groups in total. The molecule has 7 nitrogen and oxygen atoms in total. The molecular formula is C26H26N6O. The highest BCUT2D eigenvalue weighted by Crippen LogP contribution is 2.34. The van der Waals surface area contributed by atoms with Crippen LogP contribution in [0.25, 0.3) is 22.2 Å². The summed E-state index contributed by atoms with van der Waals surface area (Å²) in [6, 6.07) is 18.2. The molecule has 0 radical (unpaired) electrons. The van der Waals surface area contributed by atoms with E-state index in [0.717, 1.165) is 51.9 Å². The van der Waals surface area contributed by atoms with Crippen LogP contribution in [0.15, 0.2) is 65.9 Å². The minimum atomic E-state index is -0.236. The number of hydrogen-bond donors (Lipinski definition) is 4. The molecule has 0 spiro atoms. The Labute approximate surface area is 192 Å². The highest BCUT2D eigenvalue weighted by Gasteiger charge is 2.22. The maximum Gasteiger partial charge on any atom is 0.272 e. The van der Waals surface area contributed by atoms with E-state index in [2.05, 4.69) is 37.9 Å². The minimum absolute atomic E-state index is 0.00871. The molecule has 2 aromatic heterocycles. The lowest BCUT2D eigenvalue weighted by Crippen LogP contribution is -2.29. The van der Waals surface area contributed by atoms with Crippen molar-refractivity contribution in [1.82, 2.24) is 15.4 Å². The molecule has 166 valence electrons. The summed E-state index contributed by atoms with van der Waals surface area (Å²) in [5, 5.41) is 8.38. The van der Waals surface area contributed by atoms with E-state index in [1.807, 2.05) is 55.6 Å². The number of hydrazone groups is 1. The van der Waals surface area contributed by atoms with Crippen LogP contribution in [0, 0.1) is 6.92 Å². The zero-order valence-electron chi connectivity index (χ0n) is 18.4. The van der Waals surface area contributed by atoms with Crippen LogP contribution in [0.5, 0.6) is 0 Å². The number of anilines is 1. The summed E-state index contributed by atoms with van der Waals surface area (Å²) >= 11 is 0. The molecule has 3 heterocycles. The van der Waals surface area contributed by atoms with Crippen molar-refractivity contribution in [3.63, 3.8) is 0 Å². The molecule has 0 unspecified atom stereocenters. The van der Waals surface area contributed by atoms with E-state index >= 15 is 0 Å². The summed E-state index contributed by atoms with van der Waals surface area (Å²) in [6.07, 6.45) is 5.32. The summed E-state index contributed by atoms with van der Waals surface area (Å²) in [6.45, 7) is 2.56. The van der Waals surface area contributed by atoms with Gasteiger partial charge in [-0.2, -0.15) is 5.10 Å². The highest BCUT2D eigenvalue weighted by molar-refractivity contribution is 6.17. The second kappa shape index (κ2) is 8.88. The SMILES string of the molecule is Cc1ccc(-c2[nH]c3cc(NC[C@H](N)CCc4ccccc4)cc4c3c2C=NNC4=O)cn1.